The minimum absolute atomic E-state index is 0.00964. The first-order valence-corrected chi connectivity index (χ1v) is 11.2. The van der Waals surface area contributed by atoms with Gasteiger partial charge in [-0.05, 0) is 45.0 Å². The van der Waals surface area contributed by atoms with E-state index in [1.54, 1.807) is 20.8 Å². The van der Waals surface area contributed by atoms with Gasteiger partial charge in [-0.15, -0.1) is 0 Å². The highest BCUT2D eigenvalue weighted by Gasteiger charge is 2.39. The number of imide groups is 1. The molecule has 5 nitrogen and oxygen atoms in total. The summed E-state index contributed by atoms with van der Waals surface area (Å²) in [6, 6.07) is 18.9. The van der Waals surface area contributed by atoms with E-state index in [-0.39, 0.29) is 24.8 Å². The van der Waals surface area contributed by atoms with Crippen LogP contribution in [-0.2, 0) is 19.1 Å². The molecule has 0 atom stereocenters. The molecule has 7 heteroatoms. The first kappa shape index (κ1) is 22.2. The van der Waals surface area contributed by atoms with Crippen LogP contribution in [0.4, 0.5) is 0 Å². The number of esters is 1. The quantitative estimate of drug-likeness (QED) is 0.451. The Morgan fingerprint density at radius 2 is 1.27 bits per heavy atom. The van der Waals surface area contributed by atoms with Crippen molar-refractivity contribution in [2.24, 2.45) is 0 Å². The Balaban J connectivity index is 1.81. The summed E-state index contributed by atoms with van der Waals surface area (Å²) in [7, 11) is 0. The van der Waals surface area contributed by atoms with Crippen molar-refractivity contribution in [2.45, 2.75) is 42.6 Å². The molecule has 2 aromatic carbocycles. The lowest BCUT2D eigenvalue weighted by molar-refractivity contribution is -0.155. The zero-order valence-corrected chi connectivity index (χ0v) is 18.7. The normalized spacial score (nSPS) is 14.4. The number of hydrogen-bond acceptors (Lipinski definition) is 6. The van der Waals surface area contributed by atoms with Gasteiger partial charge in [0.2, 0.25) is 0 Å². The number of carbonyl (C=O) groups excluding carboxylic acids is 3. The van der Waals surface area contributed by atoms with Gasteiger partial charge in [0.25, 0.3) is 11.8 Å². The monoisotopic (exact) mass is 441 g/mol. The lowest BCUT2D eigenvalue weighted by Crippen LogP contribution is -2.34. The zero-order chi connectivity index (χ0) is 21.7. The van der Waals surface area contributed by atoms with Crippen LogP contribution < -0.4 is 0 Å². The van der Waals surface area contributed by atoms with Gasteiger partial charge in [-0.3, -0.25) is 19.3 Å². The molecule has 1 heterocycles. The van der Waals surface area contributed by atoms with Crippen molar-refractivity contribution in [3.63, 3.8) is 0 Å². The van der Waals surface area contributed by atoms with Crippen molar-refractivity contribution in [2.75, 3.05) is 6.54 Å². The molecular weight excluding hydrogens is 418 g/mol. The minimum Gasteiger partial charge on any atom is -0.460 e. The van der Waals surface area contributed by atoms with E-state index in [4.69, 9.17) is 4.74 Å². The van der Waals surface area contributed by atoms with Crippen LogP contribution in [0, 0.1) is 0 Å². The Morgan fingerprint density at radius 3 is 1.67 bits per heavy atom. The molecule has 0 saturated heterocycles. The fourth-order valence-corrected chi connectivity index (χ4v) is 4.79. The van der Waals surface area contributed by atoms with Crippen LogP contribution in [0.1, 0.15) is 27.2 Å². The summed E-state index contributed by atoms with van der Waals surface area (Å²) < 4.78 is 5.30. The van der Waals surface area contributed by atoms with Gasteiger partial charge in [-0.1, -0.05) is 59.9 Å². The Labute approximate surface area is 184 Å². The molecule has 0 bridgehead atoms. The minimum atomic E-state index is -0.614. The third kappa shape index (κ3) is 5.77. The lowest BCUT2D eigenvalue weighted by atomic mass is 10.2. The van der Waals surface area contributed by atoms with Crippen LogP contribution >= 0.6 is 23.5 Å². The van der Waals surface area contributed by atoms with Crippen molar-refractivity contribution in [3.8, 4) is 0 Å². The van der Waals surface area contributed by atoms with E-state index in [1.165, 1.54) is 23.5 Å². The van der Waals surface area contributed by atoms with Crippen LogP contribution in [0.5, 0.6) is 0 Å². The molecule has 0 spiro atoms. The molecule has 0 saturated carbocycles. The summed E-state index contributed by atoms with van der Waals surface area (Å²) in [5.41, 5.74) is -0.614. The van der Waals surface area contributed by atoms with Gasteiger partial charge in [-0.2, -0.15) is 0 Å². The molecule has 30 heavy (non-hydrogen) atoms. The van der Waals surface area contributed by atoms with Crippen LogP contribution in [0.25, 0.3) is 0 Å². The Kier molecular flexibility index (Phi) is 7.05. The number of hydrogen-bond donors (Lipinski definition) is 0. The smallest absolute Gasteiger partial charge is 0.308 e. The van der Waals surface area contributed by atoms with Crippen LogP contribution in [0.3, 0.4) is 0 Å². The lowest BCUT2D eigenvalue weighted by Gasteiger charge is -2.20. The van der Waals surface area contributed by atoms with Gasteiger partial charge < -0.3 is 4.74 Å². The van der Waals surface area contributed by atoms with E-state index in [2.05, 4.69) is 0 Å². The van der Waals surface area contributed by atoms with Gasteiger partial charge in [0.05, 0.1) is 16.2 Å². The van der Waals surface area contributed by atoms with Crippen molar-refractivity contribution in [3.05, 3.63) is 70.5 Å². The van der Waals surface area contributed by atoms with E-state index < -0.39 is 11.6 Å². The van der Waals surface area contributed by atoms with Crippen LogP contribution in [-0.4, -0.2) is 34.8 Å². The fraction of sp³-hybridized carbons (Fsp3) is 0.261. The summed E-state index contributed by atoms with van der Waals surface area (Å²) in [6.45, 7) is 5.33. The first-order chi connectivity index (χ1) is 14.2. The van der Waals surface area contributed by atoms with Gasteiger partial charge in [0.1, 0.15) is 5.60 Å². The average Bonchev–Trinajstić information content (AvgIpc) is 2.91. The third-order valence-corrected chi connectivity index (χ3v) is 6.28. The number of nitrogens with zero attached hydrogens (tertiary/aromatic N) is 1. The number of rotatable bonds is 7. The van der Waals surface area contributed by atoms with Crippen LogP contribution in [0.2, 0.25) is 0 Å². The number of ether oxygens (including phenoxy) is 1. The molecule has 2 aromatic rings. The third-order valence-electron chi connectivity index (χ3n) is 3.97. The van der Waals surface area contributed by atoms with Crippen molar-refractivity contribution in [1.29, 1.82) is 0 Å². The molecule has 0 unspecified atom stereocenters. The highest BCUT2D eigenvalue weighted by atomic mass is 32.2. The van der Waals surface area contributed by atoms with Crippen molar-refractivity contribution in [1.82, 2.24) is 4.90 Å². The molecule has 2 amide bonds. The van der Waals surface area contributed by atoms with Crippen LogP contribution in [0.15, 0.2) is 80.3 Å². The zero-order valence-electron chi connectivity index (χ0n) is 17.1. The standard InChI is InChI=1S/C23H23NO4S2/c1-23(2,3)28-18(25)14-15-24-21(26)19(29-16-10-6-4-7-11-16)20(22(24)27)30-17-12-8-5-9-13-17/h4-13H,14-15H2,1-3H3. The molecule has 0 aliphatic carbocycles. The maximum atomic E-state index is 13.1. The maximum absolute atomic E-state index is 13.1. The second kappa shape index (κ2) is 9.53. The molecule has 0 aromatic heterocycles. The molecule has 156 valence electrons. The number of thioether (sulfide) groups is 2. The summed E-state index contributed by atoms with van der Waals surface area (Å²) in [6.07, 6.45) is -0.0404. The predicted octanol–water partition coefficient (Wildman–Crippen LogP) is 4.88. The highest BCUT2D eigenvalue weighted by molar-refractivity contribution is 8.08. The first-order valence-electron chi connectivity index (χ1n) is 9.53. The molecule has 0 fully saturated rings. The Hall–Kier alpha value is -2.51. The van der Waals surface area contributed by atoms with E-state index >= 15 is 0 Å². The molecular formula is C23H23NO4S2. The maximum Gasteiger partial charge on any atom is 0.308 e. The second-order valence-electron chi connectivity index (χ2n) is 7.59. The number of carbonyl (C=O) groups is 3. The predicted molar refractivity (Wildman–Crippen MR) is 119 cm³/mol. The van der Waals surface area contributed by atoms with Gasteiger partial charge >= 0.3 is 5.97 Å². The molecule has 3 rings (SSSR count). The summed E-state index contributed by atoms with van der Waals surface area (Å²) in [5, 5.41) is 0. The van der Waals surface area contributed by atoms with E-state index in [0.29, 0.717) is 9.81 Å². The largest absolute Gasteiger partial charge is 0.460 e. The Bertz CT molecular complexity index is 902. The summed E-state index contributed by atoms with van der Waals surface area (Å²) in [4.78, 5) is 41.9. The van der Waals surface area contributed by atoms with E-state index in [0.717, 1.165) is 14.7 Å². The highest BCUT2D eigenvalue weighted by Crippen LogP contribution is 2.42. The average molecular weight is 442 g/mol. The Morgan fingerprint density at radius 1 is 0.833 bits per heavy atom. The summed E-state index contributed by atoms with van der Waals surface area (Å²) in [5.74, 6) is -1.20. The number of benzene rings is 2. The van der Waals surface area contributed by atoms with Gasteiger partial charge in [-0.25, -0.2) is 0 Å². The topological polar surface area (TPSA) is 63.7 Å². The van der Waals surface area contributed by atoms with E-state index in [9.17, 15) is 14.4 Å². The SMILES string of the molecule is CC(C)(C)OC(=O)CCN1C(=O)C(Sc2ccccc2)=C(Sc2ccccc2)C1=O. The van der Waals surface area contributed by atoms with Crippen molar-refractivity contribution < 1.29 is 19.1 Å². The van der Waals surface area contributed by atoms with Gasteiger partial charge in [0, 0.05) is 16.3 Å². The van der Waals surface area contributed by atoms with E-state index in [1.807, 2.05) is 60.7 Å². The van der Waals surface area contributed by atoms with Gasteiger partial charge in [0.15, 0.2) is 0 Å². The summed E-state index contributed by atoms with van der Waals surface area (Å²) >= 11 is 2.54. The van der Waals surface area contributed by atoms with Crippen molar-refractivity contribution >= 4 is 41.3 Å². The molecule has 0 N–H and O–H groups in total. The second-order valence-corrected chi connectivity index (χ2v) is 9.75. The molecule has 1 aliphatic rings. The molecule has 0 radical (unpaired) electrons. The fourth-order valence-electron chi connectivity index (χ4n) is 2.72. The molecule has 1 aliphatic heterocycles. The number of amides is 2.